The topological polar surface area (TPSA) is 125 Å². The van der Waals surface area contributed by atoms with Crippen LogP contribution in [0, 0.1) is 11.6 Å². The fourth-order valence-electron chi connectivity index (χ4n) is 3.69. The maximum absolute atomic E-state index is 14.4. The van der Waals surface area contributed by atoms with Gasteiger partial charge in [0.15, 0.2) is 17.5 Å². The Labute approximate surface area is 198 Å². The summed E-state index contributed by atoms with van der Waals surface area (Å²) in [4.78, 5) is 8.49. The van der Waals surface area contributed by atoms with Crippen molar-refractivity contribution in [2.24, 2.45) is 0 Å². The number of hydrogen-bond acceptors (Lipinski definition) is 9. The third-order valence-corrected chi connectivity index (χ3v) is 5.49. The summed E-state index contributed by atoms with van der Waals surface area (Å²) in [5, 5.41) is 18.4. The van der Waals surface area contributed by atoms with Gasteiger partial charge in [0.25, 0.3) is 0 Å². The summed E-state index contributed by atoms with van der Waals surface area (Å²) in [5.41, 5.74) is 11.5. The molecule has 0 spiro atoms. The van der Waals surface area contributed by atoms with Crippen LogP contribution >= 0.6 is 0 Å². The van der Waals surface area contributed by atoms with E-state index in [4.69, 9.17) is 10.3 Å². The van der Waals surface area contributed by atoms with Gasteiger partial charge in [-0.25, -0.2) is 24.2 Å². The van der Waals surface area contributed by atoms with Crippen LogP contribution in [0.2, 0.25) is 0 Å². The summed E-state index contributed by atoms with van der Waals surface area (Å²) in [5.74, 6) is -0.724. The smallest absolute Gasteiger partial charge is 0.183 e. The quantitative estimate of drug-likeness (QED) is 0.233. The van der Waals surface area contributed by atoms with E-state index in [0.717, 1.165) is 6.20 Å². The first kappa shape index (κ1) is 22.3. The predicted molar refractivity (Wildman–Crippen MR) is 124 cm³/mol. The first-order valence-corrected chi connectivity index (χ1v) is 10.7. The van der Waals surface area contributed by atoms with Crippen LogP contribution in [0.25, 0.3) is 5.70 Å². The number of nitrogen functional groups attached to an aromatic ring is 1. The number of hydrazine groups is 1. The fraction of sp³-hybridized carbons (Fsp3) is 0.125. The maximum atomic E-state index is 14.4. The van der Waals surface area contributed by atoms with Gasteiger partial charge in [0.05, 0.1) is 24.1 Å². The minimum absolute atomic E-state index is 0.00273. The molecule has 5 N–H and O–H groups in total. The van der Waals surface area contributed by atoms with Crippen LogP contribution in [-0.4, -0.2) is 25.2 Å². The molecule has 4 aromatic rings. The van der Waals surface area contributed by atoms with Crippen molar-refractivity contribution in [1.82, 2.24) is 25.6 Å². The van der Waals surface area contributed by atoms with Crippen LogP contribution in [0.3, 0.4) is 0 Å². The summed E-state index contributed by atoms with van der Waals surface area (Å²) in [6, 6.07) is 12.4. The lowest BCUT2D eigenvalue weighted by Gasteiger charge is -2.23. The average molecular weight is 477 g/mol. The van der Waals surface area contributed by atoms with E-state index in [9.17, 15) is 13.9 Å². The van der Waals surface area contributed by atoms with Crippen LogP contribution in [0.15, 0.2) is 71.6 Å². The molecule has 2 aromatic heterocycles. The van der Waals surface area contributed by atoms with Gasteiger partial charge in [-0.1, -0.05) is 29.4 Å². The lowest BCUT2D eigenvalue weighted by molar-refractivity contribution is 0.273. The van der Waals surface area contributed by atoms with Crippen molar-refractivity contribution in [2.75, 3.05) is 11.1 Å². The van der Waals surface area contributed by atoms with Crippen LogP contribution in [0.1, 0.15) is 28.7 Å². The number of nitrogens with two attached hydrogens (primary N) is 1. The minimum Gasteiger partial charge on any atom is -0.506 e. The van der Waals surface area contributed by atoms with Crippen molar-refractivity contribution in [2.45, 2.75) is 19.1 Å². The van der Waals surface area contributed by atoms with Crippen LogP contribution < -0.4 is 16.5 Å². The zero-order valence-corrected chi connectivity index (χ0v) is 18.3. The van der Waals surface area contributed by atoms with Gasteiger partial charge >= 0.3 is 0 Å². The van der Waals surface area contributed by atoms with E-state index in [1.807, 2.05) is 6.08 Å². The molecule has 0 bridgehead atoms. The second-order valence-electron chi connectivity index (χ2n) is 7.89. The summed E-state index contributed by atoms with van der Waals surface area (Å²) in [6.07, 6.45) is 4.33. The molecule has 0 radical (unpaired) electrons. The predicted octanol–water partition coefficient (Wildman–Crippen LogP) is 3.75. The third kappa shape index (κ3) is 4.75. The van der Waals surface area contributed by atoms with Crippen molar-refractivity contribution in [1.29, 1.82) is 0 Å². The molecule has 11 heteroatoms. The number of anilines is 2. The Balaban J connectivity index is 1.38. The molecule has 0 saturated carbocycles. The average Bonchev–Trinajstić information content (AvgIpc) is 3.52. The van der Waals surface area contributed by atoms with Crippen molar-refractivity contribution in [3.63, 3.8) is 0 Å². The molecule has 0 amide bonds. The molecule has 1 aliphatic heterocycles. The SMILES string of the molecule is Nc1ccc(CNc2nc(C3C=C(c4ccon4)N(Cc4ccccc4F)N3)ncc2F)cc1O. The first-order chi connectivity index (χ1) is 17.0. The Morgan fingerprint density at radius 2 is 2.00 bits per heavy atom. The monoisotopic (exact) mass is 477 g/mol. The second-order valence-corrected chi connectivity index (χ2v) is 7.89. The van der Waals surface area contributed by atoms with Crippen molar-refractivity contribution in [3.05, 3.63) is 101 Å². The number of phenolic OH excluding ortho intramolecular Hbond substituents is 1. The first-order valence-electron chi connectivity index (χ1n) is 10.7. The number of phenols is 1. The molecule has 0 fully saturated rings. The van der Waals surface area contributed by atoms with E-state index in [1.165, 1.54) is 18.4 Å². The van der Waals surface area contributed by atoms with Crippen LogP contribution in [-0.2, 0) is 13.1 Å². The van der Waals surface area contributed by atoms with Gasteiger partial charge < -0.3 is 25.7 Å². The Morgan fingerprint density at radius 1 is 1.14 bits per heavy atom. The summed E-state index contributed by atoms with van der Waals surface area (Å²) < 4.78 is 33.7. The zero-order valence-electron chi connectivity index (χ0n) is 18.3. The van der Waals surface area contributed by atoms with Crippen molar-refractivity contribution >= 4 is 17.2 Å². The number of nitrogens with one attached hydrogen (secondary N) is 2. The minimum atomic E-state index is -0.629. The molecule has 0 saturated heterocycles. The Kier molecular flexibility index (Phi) is 5.98. The van der Waals surface area contributed by atoms with Gasteiger partial charge in [0.1, 0.15) is 29.6 Å². The molecule has 1 unspecified atom stereocenters. The lowest BCUT2D eigenvalue weighted by atomic mass is 10.2. The molecule has 1 aliphatic rings. The molecular formula is C24H21F2N7O2. The van der Waals surface area contributed by atoms with Gasteiger partial charge in [-0.15, -0.1) is 0 Å². The molecular weight excluding hydrogens is 456 g/mol. The Morgan fingerprint density at radius 3 is 2.77 bits per heavy atom. The highest BCUT2D eigenvalue weighted by atomic mass is 19.1. The summed E-state index contributed by atoms with van der Waals surface area (Å²) >= 11 is 0. The summed E-state index contributed by atoms with van der Waals surface area (Å²) in [7, 11) is 0. The molecule has 35 heavy (non-hydrogen) atoms. The third-order valence-electron chi connectivity index (χ3n) is 5.49. The Hall–Kier alpha value is -4.51. The van der Waals surface area contributed by atoms with E-state index in [2.05, 4.69) is 25.9 Å². The highest BCUT2D eigenvalue weighted by Crippen LogP contribution is 2.31. The number of nitrogens with zero attached hydrogens (tertiary/aromatic N) is 4. The number of rotatable bonds is 7. The molecule has 5 rings (SSSR count). The molecule has 3 heterocycles. The van der Waals surface area contributed by atoms with E-state index in [1.54, 1.807) is 41.4 Å². The number of halogens is 2. The van der Waals surface area contributed by atoms with Crippen LogP contribution in [0.5, 0.6) is 5.75 Å². The largest absolute Gasteiger partial charge is 0.506 e. The summed E-state index contributed by atoms with van der Waals surface area (Å²) in [6.45, 7) is 0.410. The van der Waals surface area contributed by atoms with Crippen LogP contribution in [0.4, 0.5) is 20.3 Å². The van der Waals surface area contributed by atoms with Gasteiger partial charge in [-0.2, -0.15) is 0 Å². The number of hydrogen-bond donors (Lipinski definition) is 4. The second kappa shape index (κ2) is 9.39. The highest BCUT2D eigenvalue weighted by molar-refractivity contribution is 5.63. The number of aromatic hydroxyl groups is 1. The van der Waals surface area contributed by atoms with Gasteiger partial charge in [-0.3, -0.25) is 0 Å². The Bertz CT molecular complexity index is 1380. The molecule has 0 aliphatic carbocycles. The zero-order chi connectivity index (χ0) is 24.4. The lowest BCUT2D eigenvalue weighted by Crippen LogP contribution is -2.33. The van der Waals surface area contributed by atoms with Gasteiger partial charge in [0.2, 0.25) is 0 Å². The van der Waals surface area contributed by atoms with E-state index < -0.39 is 11.9 Å². The van der Waals surface area contributed by atoms with E-state index in [-0.39, 0.29) is 36.2 Å². The number of aromatic nitrogens is 3. The normalized spacial score (nSPS) is 15.3. The van der Waals surface area contributed by atoms with Crippen molar-refractivity contribution < 1.29 is 18.4 Å². The molecule has 2 aromatic carbocycles. The van der Waals surface area contributed by atoms with E-state index >= 15 is 0 Å². The standard InChI is InChI=1S/C24H21F2N7O2/c25-16-4-2-1-3-15(16)13-33-21(19-7-8-35-32-19)10-20(31-33)24-29-12-17(26)23(30-24)28-11-14-5-6-18(27)22(34)9-14/h1-10,12,20,31,34H,11,13,27H2,(H,28,29,30). The molecule has 1 atom stereocenters. The maximum Gasteiger partial charge on any atom is 0.183 e. The molecule has 178 valence electrons. The van der Waals surface area contributed by atoms with Crippen molar-refractivity contribution in [3.8, 4) is 5.75 Å². The van der Waals surface area contributed by atoms with Gasteiger partial charge in [-0.05, 0) is 29.8 Å². The number of benzene rings is 2. The highest BCUT2D eigenvalue weighted by Gasteiger charge is 2.29. The van der Waals surface area contributed by atoms with E-state index in [0.29, 0.717) is 28.3 Å². The molecule has 9 nitrogen and oxygen atoms in total. The fourth-order valence-corrected chi connectivity index (χ4v) is 3.69. The van der Waals surface area contributed by atoms with Gasteiger partial charge in [0, 0.05) is 18.2 Å².